The molecule has 0 unspecified atom stereocenters. The topological polar surface area (TPSA) is 67.9 Å². The molecule has 156 valence electrons. The molecule has 6 nitrogen and oxygen atoms in total. The van der Waals surface area contributed by atoms with Crippen LogP contribution in [-0.2, 0) is 16.0 Å². The molecule has 1 fully saturated rings. The van der Waals surface area contributed by atoms with Crippen molar-refractivity contribution in [1.29, 1.82) is 0 Å². The molecule has 0 bridgehead atoms. The molecule has 1 saturated heterocycles. The second kappa shape index (κ2) is 9.03. The summed E-state index contributed by atoms with van der Waals surface area (Å²) >= 11 is 0. The standard InChI is InChI=1S/C24H26N2O4/c1-2-17-3-5-18(6-4-17)7-10-23(27)26-13-11-19(12-14-26)24(28)25-20-8-9-21-22(15-20)30-16-29-21/h3-10,15,19H,2,11-14,16H2,1H3,(H,25,28). The van der Waals surface area contributed by atoms with Crippen molar-refractivity contribution < 1.29 is 19.1 Å². The van der Waals surface area contributed by atoms with Gasteiger partial charge in [-0.15, -0.1) is 0 Å². The predicted octanol–water partition coefficient (Wildman–Crippen LogP) is 3.87. The Morgan fingerprint density at radius 3 is 2.53 bits per heavy atom. The second-order valence-corrected chi connectivity index (χ2v) is 7.59. The highest BCUT2D eigenvalue weighted by Gasteiger charge is 2.27. The average Bonchev–Trinajstić information content (AvgIpc) is 3.26. The largest absolute Gasteiger partial charge is 0.454 e. The number of hydrogen-bond donors (Lipinski definition) is 1. The third-order valence-corrected chi connectivity index (χ3v) is 5.62. The van der Waals surface area contributed by atoms with E-state index in [0.29, 0.717) is 43.1 Å². The third-order valence-electron chi connectivity index (χ3n) is 5.62. The Bertz CT molecular complexity index is 944. The Balaban J connectivity index is 1.27. The molecule has 6 heteroatoms. The zero-order valence-corrected chi connectivity index (χ0v) is 17.1. The first-order valence-electron chi connectivity index (χ1n) is 10.4. The minimum atomic E-state index is -0.106. The smallest absolute Gasteiger partial charge is 0.246 e. The van der Waals surface area contributed by atoms with Crippen LogP contribution < -0.4 is 14.8 Å². The molecule has 2 heterocycles. The van der Waals surface area contributed by atoms with Gasteiger partial charge in [0.2, 0.25) is 18.6 Å². The van der Waals surface area contributed by atoms with Crippen molar-refractivity contribution >= 4 is 23.6 Å². The van der Waals surface area contributed by atoms with Crippen LogP contribution in [0.5, 0.6) is 11.5 Å². The summed E-state index contributed by atoms with van der Waals surface area (Å²) in [5.74, 6) is 1.19. The zero-order chi connectivity index (χ0) is 20.9. The minimum Gasteiger partial charge on any atom is -0.454 e. The van der Waals surface area contributed by atoms with Crippen molar-refractivity contribution in [3.63, 3.8) is 0 Å². The van der Waals surface area contributed by atoms with E-state index in [1.165, 1.54) is 5.56 Å². The average molecular weight is 406 g/mol. The van der Waals surface area contributed by atoms with E-state index >= 15 is 0 Å². The summed E-state index contributed by atoms with van der Waals surface area (Å²) in [6.45, 7) is 3.49. The fourth-order valence-electron chi connectivity index (χ4n) is 3.72. The van der Waals surface area contributed by atoms with Crippen LogP contribution in [0.15, 0.2) is 48.5 Å². The molecular weight excluding hydrogens is 380 g/mol. The molecule has 1 N–H and O–H groups in total. The maximum Gasteiger partial charge on any atom is 0.246 e. The number of anilines is 1. The Kier molecular flexibility index (Phi) is 6.02. The molecule has 2 amide bonds. The van der Waals surface area contributed by atoms with E-state index in [1.54, 1.807) is 23.1 Å². The van der Waals surface area contributed by atoms with Crippen molar-refractivity contribution in [3.8, 4) is 11.5 Å². The third kappa shape index (κ3) is 4.64. The summed E-state index contributed by atoms with van der Waals surface area (Å²) in [6, 6.07) is 13.6. The number of benzene rings is 2. The van der Waals surface area contributed by atoms with Crippen molar-refractivity contribution in [3.05, 3.63) is 59.7 Å². The van der Waals surface area contributed by atoms with Crippen LogP contribution in [-0.4, -0.2) is 36.6 Å². The van der Waals surface area contributed by atoms with Gasteiger partial charge in [-0.3, -0.25) is 9.59 Å². The van der Waals surface area contributed by atoms with Crippen molar-refractivity contribution in [2.75, 3.05) is 25.2 Å². The fourth-order valence-corrected chi connectivity index (χ4v) is 3.72. The molecule has 4 rings (SSSR count). The summed E-state index contributed by atoms with van der Waals surface area (Å²) < 4.78 is 10.6. The van der Waals surface area contributed by atoms with Gasteiger partial charge in [0.15, 0.2) is 11.5 Å². The van der Waals surface area contributed by atoms with Gasteiger partial charge in [0.05, 0.1) is 0 Å². The number of fused-ring (bicyclic) bond motifs is 1. The monoisotopic (exact) mass is 406 g/mol. The van der Waals surface area contributed by atoms with E-state index in [0.717, 1.165) is 12.0 Å². The Morgan fingerprint density at radius 2 is 1.80 bits per heavy atom. The molecule has 2 aromatic rings. The van der Waals surface area contributed by atoms with Crippen LogP contribution in [0.1, 0.15) is 30.9 Å². The highest BCUT2D eigenvalue weighted by atomic mass is 16.7. The summed E-state index contributed by atoms with van der Waals surface area (Å²) in [5.41, 5.74) is 2.98. The van der Waals surface area contributed by atoms with Crippen LogP contribution in [0.3, 0.4) is 0 Å². The van der Waals surface area contributed by atoms with E-state index in [-0.39, 0.29) is 24.5 Å². The first-order valence-corrected chi connectivity index (χ1v) is 10.4. The van der Waals surface area contributed by atoms with Gasteiger partial charge in [-0.25, -0.2) is 0 Å². The Labute approximate surface area is 176 Å². The van der Waals surface area contributed by atoms with Gasteiger partial charge >= 0.3 is 0 Å². The number of carbonyl (C=O) groups excluding carboxylic acids is 2. The maximum atomic E-state index is 12.6. The number of hydrogen-bond acceptors (Lipinski definition) is 4. The summed E-state index contributed by atoms with van der Waals surface area (Å²) in [7, 11) is 0. The summed E-state index contributed by atoms with van der Waals surface area (Å²) in [5, 5.41) is 2.95. The number of piperidine rings is 1. The van der Waals surface area contributed by atoms with Crippen molar-refractivity contribution in [1.82, 2.24) is 4.90 Å². The quantitative estimate of drug-likeness (QED) is 0.766. The van der Waals surface area contributed by atoms with Crippen LogP contribution >= 0.6 is 0 Å². The first kappa shape index (κ1) is 20.0. The van der Waals surface area contributed by atoms with Crippen molar-refractivity contribution in [2.45, 2.75) is 26.2 Å². The van der Waals surface area contributed by atoms with Crippen molar-refractivity contribution in [2.24, 2.45) is 5.92 Å². The van der Waals surface area contributed by atoms with Gasteiger partial charge in [-0.05, 0) is 48.6 Å². The molecule has 0 radical (unpaired) electrons. The maximum absolute atomic E-state index is 12.6. The number of ether oxygens (including phenoxy) is 2. The minimum absolute atomic E-state index is 0.0100. The molecule has 30 heavy (non-hydrogen) atoms. The molecule has 0 atom stereocenters. The highest BCUT2D eigenvalue weighted by Crippen LogP contribution is 2.34. The number of nitrogens with one attached hydrogen (secondary N) is 1. The highest BCUT2D eigenvalue weighted by molar-refractivity contribution is 5.94. The Morgan fingerprint density at radius 1 is 1.07 bits per heavy atom. The van der Waals surface area contributed by atoms with Gasteiger partial charge < -0.3 is 19.7 Å². The molecule has 0 aliphatic carbocycles. The van der Waals surface area contributed by atoms with Crippen LogP contribution in [0.25, 0.3) is 6.08 Å². The molecule has 2 aliphatic heterocycles. The lowest BCUT2D eigenvalue weighted by Gasteiger charge is -2.30. The molecule has 0 spiro atoms. The number of likely N-dealkylation sites (tertiary alicyclic amines) is 1. The number of amides is 2. The lowest BCUT2D eigenvalue weighted by Crippen LogP contribution is -2.40. The first-order chi connectivity index (χ1) is 14.6. The Hall–Kier alpha value is -3.28. The fraction of sp³-hybridized carbons (Fsp3) is 0.333. The number of carbonyl (C=O) groups is 2. The normalized spacial score (nSPS) is 16.1. The van der Waals surface area contributed by atoms with E-state index in [2.05, 4.69) is 24.4 Å². The van der Waals surface area contributed by atoms with Gasteiger partial charge in [0, 0.05) is 36.8 Å². The summed E-state index contributed by atoms with van der Waals surface area (Å²) in [4.78, 5) is 26.9. The van der Waals surface area contributed by atoms with E-state index < -0.39 is 0 Å². The van der Waals surface area contributed by atoms with Gasteiger partial charge in [0.25, 0.3) is 0 Å². The number of nitrogens with zero attached hydrogens (tertiary/aromatic N) is 1. The van der Waals surface area contributed by atoms with Crippen LogP contribution in [0.4, 0.5) is 5.69 Å². The molecule has 0 saturated carbocycles. The molecule has 0 aromatic heterocycles. The zero-order valence-electron chi connectivity index (χ0n) is 17.1. The van der Waals surface area contributed by atoms with Gasteiger partial charge in [0.1, 0.15) is 0 Å². The van der Waals surface area contributed by atoms with Crippen LogP contribution in [0.2, 0.25) is 0 Å². The predicted molar refractivity (Wildman–Crippen MR) is 115 cm³/mol. The van der Waals surface area contributed by atoms with E-state index in [9.17, 15) is 9.59 Å². The molecule has 2 aliphatic rings. The van der Waals surface area contributed by atoms with E-state index in [4.69, 9.17) is 9.47 Å². The van der Waals surface area contributed by atoms with E-state index in [1.807, 2.05) is 24.3 Å². The summed E-state index contributed by atoms with van der Waals surface area (Å²) in [6.07, 6.45) is 5.77. The van der Waals surface area contributed by atoms with Gasteiger partial charge in [-0.2, -0.15) is 0 Å². The second-order valence-electron chi connectivity index (χ2n) is 7.59. The molecule has 2 aromatic carbocycles. The number of rotatable bonds is 5. The SMILES string of the molecule is CCc1ccc(C=CC(=O)N2CCC(C(=O)Nc3ccc4c(c3)OCO4)CC2)cc1. The lowest BCUT2D eigenvalue weighted by molar-refractivity contribution is -0.130. The van der Waals surface area contributed by atoms with Gasteiger partial charge in [-0.1, -0.05) is 31.2 Å². The van der Waals surface area contributed by atoms with Crippen LogP contribution in [0, 0.1) is 5.92 Å². The molecular formula is C24H26N2O4. The lowest BCUT2D eigenvalue weighted by atomic mass is 9.95. The number of aryl methyl sites for hydroxylation is 1.